The number of nitriles is 1. The molecule has 6 bridgehead atoms. The third-order valence-corrected chi connectivity index (χ3v) is 21.3. The second-order valence-corrected chi connectivity index (χ2v) is 29.0. The Morgan fingerprint density at radius 3 is 1.06 bits per heavy atom. The van der Waals surface area contributed by atoms with Crippen LogP contribution in [0.2, 0.25) is 0 Å². The molecule has 0 aliphatic carbocycles. The second kappa shape index (κ2) is 40.2. The molecule has 3 aromatic carbocycles. The van der Waals surface area contributed by atoms with Crippen molar-refractivity contribution in [3.63, 3.8) is 0 Å². The molecule has 0 radical (unpaired) electrons. The van der Waals surface area contributed by atoms with Crippen molar-refractivity contribution in [3.05, 3.63) is 173 Å². The zero-order valence-corrected chi connectivity index (χ0v) is 64.9. The molecule has 12 heterocycles. The molecule has 9 aromatic rings. The number of nitrogens with zero attached hydrogens (tertiary/aromatic N) is 17. The van der Waals surface area contributed by atoms with Gasteiger partial charge in [-0.05, 0) is 139 Å². The van der Waals surface area contributed by atoms with Crippen LogP contribution in [0.3, 0.4) is 0 Å². The molecule has 0 spiro atoms. The Bertz CT molecular complexity index is 4870. The first-order chi connectivity index (χ1) is 54.0. The first-order valence-electron chi connectivity index (χ1n) is 37.0. The van der Waals surface area contributed by atoms with Gasteiger partial charge in [-0.2, -0.15) is 60.1 Å². The third-order valence-electron chi connectivity index (χ3n) is 21.3. The smallest absolute Gasteiger partial charge is 0.870 e. The molecule has 7 N–H and O–H groups in total. The normalized spacial score (nSPS) is 20.5. The number of aryl methyl sites for hydroxylation is 3. The summed E-state index contributed by atoms with van der Waals surface area (Å²) in [6.07, 6.45) is 12.2. The van der Waals surface area contributed by atoms with E-state index in [1.54, 1.807) is 88.3 Å². The average Bonchev–Trinajstić information content (AvgIpc) is 1.65. The van der Waals surface area contributed by atoms with Gasteiger partial charge in [0.2, 0.25) is 17.8 Å². The number of halogens is 10. The van der Waals surface area contributed by atoms with E-state index in [1.165, 1.54) is 19.2 Å². The SMILES string of the molecule is C.COC(=O)c1ccc(-c2nc(Nc3cnn(C4CC5CCC(C4)N5CC(F)(F)F)c3)ncc2C)cc1.Cc1cnc(Nc2cnn(C3CC4CCC(C3)N4CC(F)(F)F)c2)nc1-c1ccc(C(=O)CCC#N)cc1.Cc1cnc(Nc2cnn(C3CC4CCC(C3)N4CC(F)(F)F)c2)nc1-c1ccc(C(=O)O)cc1.Cl.[C-]#[N+]CN.[Li+].[OH-]. The van der Waals surface area contributed by atoms with E-state index in [2.05, 4.69) is 71.7 Å². The van der Waals surface area contributed by atoms with Crippen LogP contribution in [-0.4, -0.2) is 190 Å². The molecule has 6 fully saturated rings. The van der Waals surface area contributed by atoms with Crippen LogP contribution in [0, 0.1) is 38.7 Å². The minimum Gasteiger partial charge on any atom is -0.870 e. The predicted octanol–water partition coefficient (Wildman–Crippen LogP) is 13.0. The molecule has 27 nitrogen and oxygen atoms in total. The summed E-state index contributed by atoms with van der Waals surface area (Å²) in [5, 5.41) is 40.7. The van der Waals surface area contributed by atoms with Crippen molar-refractivity contribution in [2.24, 2.45) is 5.73 Å². The van der Waals surface area contributed by atoms with Crippen LogP contribution in [-0.2, 0) is 4.74 Å². The number of esters is 1. The Morgan fingerprint density at radius 1 is 0.521 bits per heavy atom. The summed E-state index contributed by atoms with van der Waals surface area (Å²) in [5.41, 5.74) is 15.1. The fourth-order valence-electron chi connectivity index (χ4n) is 16.1. The summed E-state index contributed by atoms with van der Waals surface area (Å²) in [7, 11) is 1.34. The number of carboxylic acid groups (broad SMARTS) is 1. The molecule has 6 aliphatic heterocycles. The van der Waals surface area contributed by atoms with E-state index in [0.29, 0.717) is 90.3 Å². The van der Waals surface area contributed by atoms with Gasteiger partial charge >= 0.3 is 49.3 Å². The number of piperidine rings is 3. The summed E-state index contributed by atoms with van der Waals surface area (Å²) < 4.78 is 127. The van der Waals surface area contributed by atoms with Gasteiger partial charge in [0, 0.05) is 109 Å². The largest absolute Gasteiger partial charge is 1.00 e. The van der Waals surface area contributed by atoms with Gasteiger partial charge in [0.25, 0.3) is 6.67 Å². The molecule has 38 heteroatoms. The maximum Gasteiger partial charge on any atom is 1.00 e. The molecule has 6 atom stereocenters. The van der Waals surface area contributed by atoms with Crippen LogP contribution in [0.5, 0.6) is 0 Å². The number of fused-ring (bicyclic) bond motifs is 6. The number of aromatic carboxylic acids is 1. The number of ether oxygens (including phenoxy) is 1. The molecule has 618 valence electrons. The molecular formula is C79H90ClF9LiN21O6. The van der Waals surface area contributed by atoms with Gasteiger partial charge in [-0.25, -0.2) is 46.1 Å². The number of anilines is 6. The average molecular weight is 1640 g/mol. The van der Waals surface area contributed by atoms with Crippen LogP contribution in [0.4, 0.5) is 74.4 Å². The summed E-state index contributed by atoms with van der Waals surface area (Å²) in [4.78, 5) is 69.6. The van der Waals surface area contributed by atoms with E-state index in [1.807, 2.05) is 83.7 Å². The predicted molar refractivity (Wildman–Crippen MR) is 416 cm³/mol. The third kappa shape index (κ3) is 23.7. The summed E-state index contributed by atoms with van der Waals surface area (Å²) in [6, 6.07) is 22.3. The Morgan fingerprint density at radius 2 is 0.803 bits per heavy atom. The number of hydrogen-bond acceptors (Lipinski definition) is 22. The molecule has 6 aliphatic rings. The zero-order chi connectivity index (χ0) is 80.5. The number of Topliss-reactive ketones (excluding diaryl/α,β-unsaturated/α-hetero) is 1. The maximum atomic E-state index is 13.0. The Labute approximate surface area is 688 Å². The second-order valence-electron chi connectivity index (χ2n) is 29.0. The monoisotopic (exact) mass is 1640 g/mol. The van der Waals surface area contributed by atoms with Gasteiger partial charge in [0.05, 0.1) is 115 Å². The first kappa shape index (κ1) is 92.1. The number of nitrogens with two attached hydrogens (primary N) is 1. The van der Waals surface area contributed by atoms with Crippen molar-refractivity contribution in [1.29, 1.82) is 5.26 Å². The van der Waals surface area contributed by atoms with E-state index in [9.17, 15) is 53.9 Å². The fourth-order valence-corrected chi connectivity index (χ4v) is 16.1. The molecular weight excluding hydrogens is 1550 g/mol. The van der Waals surface area contributed by atoms with Crippen molar-refractivity contribution >= 4 is 65.0 Å². The Balaban J connectivity index is 0.000000210. The summed E-state index contributed by atoms with van der Waals surface area (Å²) in [6.45, 7) is 9.24. The van der Waals surface area contributed by atoms with E-state index in [-0.39, 0.29) is 129 Å². The minimum atomic E-state index is -4.18. The van der Waals surface area contributed by atoms with Crippen molar-refractivity contribution < 1.29 is 88.1 Å². The van der Waals surface area contributed by atoms with Crippen LogP contribution in [0.15, 0.2) is 129 Å². The van der Waals surface area contributed by atoms with E-state index >= 15 is 0 Å². The molecule has 15 rings (SSSR count). The number of benzene rings is 3. The van der Waals surface area contributed by atoms with Crippen molar-refractivity contribution in [2.45, 2.75) is 191 Å². The number of alkyl halides is 9. The molecule has 0 saturated carbocycles. The van der Waals surface area contributed by atoms with Crippen LogP contribution in [0.25, 0.3) is 38.6 Å². The number of hydrogen-bond donors (Lipinski definition) is 5. The Hall–Kier alpha value is -10.4. The standard InChI is InChI=1S/C27H28F3N7O.C25H27F3N6O2.C24H25F3N6O2.C2H4N2.CH4.ClH.Li.H2O/c1-17-13-32-26(35-25(17)19-6-4-18(5-7-19)24(38)3-2-10-31)34-20-14-33-37(15-20)23-11-21-8-9-22(12-23)36(21)16-27(28,29)30;1-15-11-29-24(32-22(15)16-3-5-17(6-4-16)23(35)36-2)31-18-12-30-34(13-18)21-9-19-7-8-20(10-21)33(19)14-25(26,27)28;1-14-10-28-23(31-21(14)15-2-4-16(5-3-15)22(34)35)30-17-11-29-33(12-17)20-8-18-6-7-19(9-20)32(18)13-24(25,26)27;1-4-2-3;;;;/h4-7,13-15,21-23H,2-3,8-9,11-12,16H2,1H3,(H,32,34,35);3-6,11-13,19-21H,7-10,14H2,1-2H3,(H,29,31,32);2-5,10-12,18-20H,6-9,13H2,1H3,(H,34,35)(H,28,30,31);2-3H2;1H4;1H;;1H2/q;;;;;;+1;/p-1. The minimum absolute atomic E-state index is 0. The summed E-state index contributed by atoms with van der Waals surface area (Å²) in [5.74, 6) is -0.316. The van der Waals surface area contributed by atoms with Crippen molar-refractivity contribution in [2.75, 3.05) is 49.4 Å². The topological polar surface area (TPSA) is 341 Å². The summed E-state index contributed by atoms with van der Waals surface area (Å²) >= 11 is 0. The van der Waals surface area contributed by atoms with Gasteiger partial charge in [0.15, 0.2) is 5.78 Å². The van der Waals surface area contributed by atoms with Gasteiger partial charge in [-0.15, -0.1) is 12.4 Å². The van der Waals surface area contributed by atoms with Gasteiger partial charge in [0.1, 0.15) is 0 Å². The number of carboxylic acids is 1. The van der Waals surface area contributed by atoms with Crippen LogP contribution in [0.1, 0.15) is 163 Å². The molecule has 6 aromatic heterocycles. The number of methoxy groups -OCH3 is 1. The number of aromatic nitrogens is 12. The zero-order valence-electron chi connectivity index (χ0n) is 64.1. The number of rotatable bonds is 20. The number of ketones is 1. The van der Waals surface area contributed by atoms with Crippen LogP contribution >= 0.6 is 12.4 Å². The maximum absolute atomic E-state index is 13.0. The van der Waals surface area contributed by atoms with Gasteiger partial charge < -0.3 is 31.3 Å². The number of nitrogens with one attached hydrogen (secondary N) is 3. The van der Waals surface area contributed by atoms with Crippen molar-refractivity contribution in [1.82, 2.24) is 73.9 Å². The van der Waals surface area contributed by atoms with E-state index < -0.39 is 50.1 Å². The molecule has 117 heavy (non-hydrogen) atoms. The van der Waals surface area contributed by atoms with E-state index in [0.717, 1.165) is 83.3 Å². The van der Waals surface area contributed by atoms with E-state index in [4.69, 9.17) is 21.7 Å². The first-order valence-corrected chi connectivity index (χ1v) is 37.0. The van der Waals surface area contributed by atoms with Gasteiger partial charge in [-0.3, -0.25) is 44.1 Å². The van der Waals surface area contributed by atoms with Crippen molar-refractivity contribution in [3.8, 4) is 39.8 Å². The number of carbonyl (C=O) groups excluding carboxylic acids is 2. The quantitative estimate of drug-likeness (QED) is 0.0156. The Kier molecular flexibility index (Phi) is 31.6. The number of carbonyl (C=O) groups is 3. The molecule has 0 amide bonds. The van der Waals surface area contributed by atoms with Gasteiger partial charge in [-0.1, -0.05) is 56.0 Å². The fraction of sp³-hybridized carbons (Fsp3) is 0.443. The van der Waals surface area contributed by atoms with Crippen LogP contribution < -0.4 is 40.5 Å². The molecule has 6 unspecified atom stereocenters. The molecule has 6 saturated heterocycles.